The quantitative estimate of drug-likeness (QED) is 0.723. The van der Waals surface area contributed by atoms with Crippen molar-refractivity contribution in [3.05, 3.63) is 81.6 Å². The van der Waals surface area contributed by atoms with Gasteiger partial charge >= 0.3 is 0 Å². The molecule has 5 nitrogen and oxygen atoms in total. The lowest BCUT2D eigenvalue weighted by Crippen LogP contribution is -2.28. The summed E-state index contributed by atoms with van der Waals surface area (Å²) < 4.78 is 33.2. The molecule has 0 radical (unpaired) electrons. The highest BCUT2D eigenvalue weighted by molar-refractivity contribution is 5.85. The minimum Gasteiger partial charge on any atom is -0.494 e. The van der Waals surface area contributed by atoms with Crippen LogP contribution in [0.5, 0.6) is 5.75 Å². The van der Waals surface area contributed by atoms with Crippen molar-refractivity contribution in [2.75, 3.05) is 7.11 Å². The minimum absolute atomic E-state index is 0. The molecule has 142 valence electrons. The van der Waals surface area contributed by atoms with Crippen LogP contribution in [0.1, 0.15) is 11.1 Å². The highest BCUT2D eigenvalue weighted by atomic mass is 35.5. The van der Waals surface area contributed by atoms with E-state index < -0.39 is 5.82 Å². The van der Waals surface area contributed by atoms with Gasteiger partial charge in [-0.05, 0) is 42.0 Å². The molecule has 0 aliphatic heterocycles. The molecule has 0 fully saturated rings. The summed E-state index contributed by atoms with van der Waals surface area (Å²) in [6, 6.07) is 11.7. The van der Waals surface area contributed by atoms with Crippen molar-refractivity contribution in [3.8, 4) is 17.0 Å². The molecule has 0 amide bonds. The van der Waals surface area contributed by atoms with E-state index in [0.717, 1.165) is 0 Å². The molecule has 0 aliphatic rings. The summed E-state index contributed by atoms with van der Waals surface area (Å²) in [5.41, 5.74) is 7.30. The molecule has 0 spiro atoms. The van der Waals surface area contributed by atoms with Gasteiger partial charge in [0.2, 0.25) is 0 Å². The van der Waals surface area contributed by atoms with Crippen LogP contribution >= 0.6 is 12.4 Å². The molecule has 0 saturated carbocycles. The molecule has 1 heterocycles. The van der Waals surface area contributed by atoms with Gasteiger partial charge in [-0.25, -0.2) is 13.5 Å². The molecule has 1 aromatic heterocycles. The lowest BCUT2D eigenvalue weighted by molar-refractivity contribution is 0.386. The molecule has 27 heavy (non-hydrogen) atoms. The van der Waals surface area contributed by atoms with Crippen molar-refractivity contribution in [1.29, 1.82) is 0 Å². The van der Waals surface area contributed by atoms with Crippen LogP contribution in [-0.4, -0.2) is 16.9 Å². The second kappa shape index (κ2) is 8.75. The molecule has 0 unspecified atom stereocenters. The van der Waals surface area contributed by atoms with Gasteiger partial charge in [0.1, 0.15) is 5.82 Å². The Bertz CT molecular complexity index is 991. The third-order valence-electron chi connectivity index (χ3n) is 3.96. The molecule has 2 N–H and O–H groups in total. The number of nitrogens with zero attached hydrogens (tertiary/aromatic N) is 2. The third kappa shape index (κ3) is 4.50. The largest absolute Gasteiger partial charge is 0.494 e. The van der Waals surface area contributed by atoms with Crippen LogP contribution in [0, 0.1) is 11.6 Å². The molecule has 0 aliphatic carbocycles. The molecule has 2 aromatic carbocycles. The Hall–Kier alpha value is -2.77. The van der Waals surface area contributed by atoms with E-state index in [1.807, 2.05) is 0 Å². The van der Waals surface area contributed by atoms with E-state index in [2.05, 4.69) is 5.10 Å². The Morgan fingerprint density at radius 2 is 1.81 bits per heavy atom. The van der Waals surface area contributed by atoms with Gasteiger partial charge in [-0.2, -0.15) is 5.10 Å². The van der Waals surface area contributed by atoms with Crippen molar-refractivity contribution in [2.45, 2.75) is 13.1 Å². The van der Waals surface area contributed by atoms with Gasteiger partial charge in [-0.15, -0.1) is 12.4 Å². The summed E-state index contributed by atoms with van der Waals surface area (Å²) in [6.45, 7) is 0.176. The third-order valence-corrected chi connectivity index (χ3v) is 3.96. The van der Waals surface area contributed by atoms with E-state index in [-0.39, 0.29) is 42.6 Å². The Morgan fingerprint density at radius 3 is 2.41 bits per heavy atom. The van der Waals surface area contributed by atoms with Crippen molar-refractivity contribution in [3.63, 3.8) is 0 Å². The Labute approximate surface area is 160 Å². The number of rotatable bonds is 5. The van der Waals surface area contributed by atoms with E-state index in [0.29, 0.717) is 22.4 Å². The van der Waals surface area contributed by atoms with Crippen LogP contribution < -0.4 is 16.0 Å². The average Bonchev–Trinajstić information content (AvgIpc) is 2.65. The van der Waals surface area contributed by atoms with Crippen LogP contribution in [0.25, 0.3) is 11.3 Å². The molecule has 0 bridgehead atoms. The molecule has 0 atom stereocenters. The monoisotopic (exact) mass is 393 g/mol. The van der Waals surface area contributed by atoms with Crippen molar-refractivity contribution in [2.24, 2.45) is 5.73 Å². The maximum atomic E-state index is 14.0. The molecule has 3 rings (SSSR count). The van der Waals surface area contributed by atoms with E-state index in [9.17, 15) is 13.6 Å². The van der Waals surface area contributed by atoms with Crippen LogP contribution in [0.3, 0.4) is 0 Å². The molecule has 0 saturated heterocycles. The summed E-state index contributed by atoms with van der Waals surface area (Å²) in [4.78, 5) is 12.5. The molecular weight excluding hydrogens is 376 g/mol. The maximum Gasteiger partial charge on any atom is 0.271 e. The zero-order chi connectivity index (χ0) is 18.7. The van der Waals surface area contributed by atoms with Gasteiger partial charge < -0.3 is 10.5 Å². The maximum absolute atomic E-state index is 14.0. The number of hydrogen-bond acceptors (Lipinski definition) is 4. The predicted octanol–water partition coefficient (Wildman–Crippen LogP) is 3.13. The van der Waals surface area contributed by atoms with E-state index in [1.165, 1.54) is 36.1 Å². The van der Waals surface area contributed by atoms with Gasteiger partial charge in [0, 0.05) is 17.7 Å². The Morgan fingerprint density at radius 1 is 1.11 bits per heavy atom. The highest BCUT2D eigenvalue weighted by Gasteiger charge is 2.12. The number of aromatic nitrogens is 2. The van der Waals surface area contributed by atoms with E-state index in [1.54, 1.807) is 24.3 Å². The lowest BCUT2D eigenvalue weighted by atomic mass is 10.1. The number of methoxy groups -OCH3 is 1. The normalized spacial score (nSPS) is 10.4. The number of hydrogen-bond donors (Lipinski definition) is 1. The van der Waals surface area contributed by atoms with Crippen LogP contribution in [0.15, 0.2) is 53.3 Å². The van der Waals surface area contributed by atoms with Crippen molar-refractivity contribution in [1.82, 2.24) is 9.78 Å². The first-order chi connectivity index (χ1) is 12.5. The van der Waals surface area contributed by atoms with E-state index in [4.69, 9.17) is 10.5 Å². The summed E-state index contributed by atoms with van der Waals surface area (Å²) in [5, 5.41) is 4.31. The van der Waals surface area contributed by atoms with Gasteiger partial charge in [0.25, 0.3) is 5.56 Å². The average molecular weight is 394 g/mol. The zero-order valence-electron chi connectivity index (χ0n) is 14.5. The Kier molecular flexibility index (Phi) is 6.65. The number of ether oxygens (including phenoxy) is 1. The van der Waals surface area contributed by atoms with Crippen LogP contribution in [-0.2, 0) is 13.1 Å². The summed E-state index contributed by atoms with van der Waals surface area (Å²) >= 11 is 0. The molecule has 8 heteroatoms. The minimum atomic E-state index is -0.530. The second-order valence-electron chi connectivity index (χ2n) is 5.70. The highest BCUT2D eigenvalue weighted by Crippen LogP contribution is 2.24. The van der Waals surface area contributed by atoms with Gasteiger partial charge in [-0.1, -0.05) is 12.1 Å². The van der Waals surface area contributed by atoms with Crippen molar-refractivity contribution < 1.29 is 13.5 Å². The fourth-order valence-electron chi connectivity index (χ4n) is 2.58. The fraction of sp³-hybridized carbons (Fsp3) is 0.158. The Balaban J connectivity index is 0.00000261. The topological polar surface area (TPSA) is 70.1 Å². The van der Waals surface area contributed by atoms with Gasteiger partial charge in [0.15, 0.2) is 11.6 Å². The van der Waals surface area contributed by atoms with Crippen LogP contribution in [0.4, 0.5) is 8.78 Å². The first-order valence-electron chi connectivity index (χ1n) is 7.91. The molecule has 3 aromatic rings. The standard InChI is InChI=1S/C19H17F2N3O2.ClH/c1-26-18-7-4-13(8-16(18)21)17-9-14(10-22)19(25)24(23-17)11-12-2-5-15(20)6-3-12;/h2-9H,10-11,22H2,1H3;1H. The molecular formula is C19H18ClF2N3O2. The van der Waals surface area contributed by atoms with Gasteiger partial charge in [-0.3, -0.25) is 4.79 Å². The smallest absolute Gasteiger partial charge is 0.271 e. The number of benzene rings is 2. The first kappa shape index (κ1) is 20.5. The summed E-state index contributed by atoms with van der Waals surface area (Å²) in [5.74, 6) is -0.774. The zero-order valence-corrected chi connectivity index (χ0v) is 15.3. The first-order valence-corrected chi connectivity index (χ1v) is 7.91. The number of halogens is 3. The lowest BCUT2D eigenvalue weighted by Gasteiger charge is -2.11. The van der Waals surface area contributed by atoms with Crippen LogP contribution in [0.2, 0.25) is 0 Å². The van der Waals surface area contributed by atoms with Crippen molar-refractivity contribution >= 4 is 12.4 Å². The fourth-order valence-corrected chi connectivity index (χ4v) is 2.58. The SMILES string of the molecule is COc1ccc(-c2cc(CN)c(=O)n(Cc3ccc(F)cc3)n2)cc1F.Cl. The summed E-state index contributed by atoms with van der Waals surface area (Å²) in [6.07, 6.45) is 0. The summed E-state index contributed by atoms with van der Waals surface area (Å²) in [7, 11) is 1.38. The second-order valence-corrected chi connectivity index (χ2v) is 5.70. The van der Waals surface area contributed by atoms with Gasteiger partial charge in [0.05, 0.1) is 19.3 Å². The predicted molar refractivity (Wildman–Crippen MR) is 101 cm³/mol. The van der Waals surface area contributed by atoms with E-state index >= 15 is 0 Å². The number of nitrogens with two attached hydrogens (primary N) is 1.